The Kier molecular flexibility index (Phi) is 5.10. The van der Waals surface area contributed by atoms with Gasteiger partial charge in [0.15, 0.2) is 0 Å². The summed E-state index contributed by atoms with van der Waals surface area (Å²) in [6.07, 6.45) is 1.10. The van der Waals surface area contributed by atoms with Crippen LogP contribution in [0.1, 0.15) is 11.1 Å². The first-order valence-corrected chi connectivity index (χ1v) is 6.60. The molecule has 4 N–H and O–H groups in total. The van der Waals surface area contributed by atoms with Crippen molar-refractivity contribution in [2.45, 2.75) is 6.54 Å². The fourth-order valence-corrected chi connectivity index (χ4v) is 1.83. The van der Waals surface area contributed by atoms with Crippen molar-refractivity contribution in [1.29, 1.82) is 0 Å². The number of hydrogen-bond acceptors (Lipinski definition) is 6. The van der Waals surface area contributed by atoms with Gasteiger partial charge in [-0.1, -0.05) is 30.3 Å². The van der Waals surface area contributed by atoms with Crippen LogP contribution in [0.2, 0.25) is 0 Å². The molecular formula is C14H16N4O4. The van der Waals surface area contributed by atoms with Gasteiger partial charge in [0.25, 0.3) is 5.56 Å². The van der Waals surface area contributed by atoms with Crippen LogP contribution in [0, 0.1) is 0 Å². The highest BCUT2D eigenvalue weighted by Gasteiger charge is 2.12. The number of aliphatic hydroxyl groups is 1. The van der Waals surface area contributed by atoms with Crippen molar-refractivity contribution < 1.29 is 10.2 Å². The summed E-state index contributed by atoms with van der Waals surface area (Å²) in [5.41, 5.74) is 1.71. The van der Waals surface area contributed by atoms with E-state index in [1.165, 1.54) is 0 Å². The van der Waals surface area contributed by atoms with E-state index in [0.717, 1.165) is 16.3 Å². The van der Waals surface area contributed by atoms with Crippen LogP contribution in [-0.2, 0) is 6.54 Å². The number of nitrogens with one attached hydrogen (secondary N) is 2. The minimum Gasteiger partial charge on any atom is -0.494 e. The molecule has 0 bridgehead atoms. The fraction of sp³-hybridized carbons (Fsp3) is 0.214. The summed E-state index contributed by atoms with van der Waals surface area (Å²) in [6, 6.07) is 9.06. The summed E-state index contributed by atoms with van der Waals surface area (Å²) in [7, 11) is 0. The number of nitrogens with zero attached hydrogens (tertiary/aromatic N) is 2. The minimum absolute atomic E-state index is 0.118. The van der Waals surface area contributed by atoms with E-state index >= 15 is 0 Å². The van der Waals surface area contributed by atoms with E-state index < -0.39 is 17.1 Å². The molecule has 0 aliphatic rings. The standard InChI is InChI=1S/C14H16N4O4/c19-7-6-15-16-8-11-12(20)17-14(22)18(13(11)21)9-10-4-2-1-3-5-10/h1-5,8,15,19,21H,6-7,9H2,(H,17,20,22). The van der Waals surface area contributed by atoms with Gasteiger partial charge in [-0.2, -0.15) is 5.10 Å². The molecule has 2 aromatic rings. The van der Waals surface area contributed by atoms with Gasteiger partial charge in [0.05, 0.1) is 25.9 Å². The SMILES string of the molecule is O=c1[nH]c(=O)n(Cc2ccccc2)c(O)c1C=NNCCO. The molecule has 2 rings (SSSR count). The Morgan fingerprint density at radius 1 is 1.27 bits per heavy atom. The van der Waals surface area contributed by atoms with E-state index in [9.17, 15) is 14.7 Å². The number of rotatable bonds is 6. The van der Waals surface area contributed by atoms with E-state index in [1.54, 1.807) is 12.1 Å². The van der Waals surface area contributed by atoms with Crippen molar-refractivity contribution in [3.8, 4) is 5.88 Å². The number of hydrogen-bond donors (Lipinski definition) is 4. The van der Waals surface area contributed by atoms with Crippen molar-refractivity contribution in [3.63, 3.8) is 0 Å². The first-order chi connectivity index (χ1) is 10.6. The van der Waals surface area contributed by atoms with E-state index in [0.29, 0.717) is 0 Å². The van der Waals surface area contributed by atoms with Gasteiger partial charge in [-0.15, -0.1) is 0 Å². The molecule has 0 fully saturated rings. The lowest BCUT2D eigenvalue weighted by Gasteiger charge is -2.09. The largest absolute Gasteiger partial charge is 0.494 e. The summed E-state index contributed by atoms with van der Waals surface area (Å²) < 4.78 is 1.05. The Morgan fingerprint density at radius 2 is 2.00 bits per heavy atom. The third kappa shape index (κ3) is 3.61. The highest BCUT2D eigenvalue weighted by molar-refractivity contribution is 5.81. The molecule has 1 aromatic carbocycles. The number of H-pyrrole nitrogens is 1. The van der Waals surface area contributed by atoms with Crippen LogP contribution in [-0.4, -0.2) is 39.1 Å². The van der Waals surface area contributed by atoms with Crippen molar-refractivity contribution in [2.75, 3.05) is 13.2 Å². The Hall–Kier alpha value is -2.87. The second kappa shape index (κ2) is 7.23. The van der Waals surface area contributed by atoms with Crippen LogP contribution in [0.5, 0.6) is 5.88 Å². The third-order valence-corrected chi connectivity index (χ3v) is 2.90. The molecule has 0 spiro atoms. The van der Waals surface area contributed by atoms with Crippen molar-refractivity contribution in [2.24, 2.45) is 5.10 Å². The van der Waals surface area contributed by atoms with Gasteiger partial charge >= 0.3 is 5.69 Å². The first kappa shape index (κ1) is 15.5. The average Bonchev–Trinajstić information content (AvgIpc) is 2.51. The zero-order chi connectivity index (χ0) is 15.9. The van der Waals surface area contributed by atoms with Crippen LogP contribution in [0.15, 0.2) is 45.0 Å². The lowest BCUT2D eigenvalue weighted by molar-refractivity contribution is 0.294. The zero-order valence-corrected chi connectivity index (χ0v) is 11.7. The van der Waals surface area contributed by atoms with Crippen molar-refractivity contribution in [3.05, 3.63) is 62.3 Å². The average molecular weight is 304 g/mol. The van der Waals surface area contributed by atoms with Gasteiger partial charge in [0.2, 0.25) is 5.88 Å². The first-order valence-electron chi connectivity index (χ1n) is 6.60. The summed E-state index contributed by atoms with van der Waals surface area (Å²) in [6.45, 7) is 0.208. The Morgan fingerprint density at radius 3 is 2.68 bits per heavy atom. The predicted octanol–water partition coefficient (Wildman–Crippen LogP) is -0.794. The molecular weight excluding hydrogens is 288 g/mol. The number of aromatic hydroxyl groups is 1. The molecule has 1 aromatic heterocycles. The number of aliphatic hydroxyl groups excluding tert-OH is 1. The summed E-state index contributed by atoms with van der Waals surface area (Å²) in [4.78, 5) is 25.7. The highest BCUT2D eigenvalue weighted by Crippen LogP contribution is 2.10. The summed E-state index contributed by atoms with van der Waals surface area (Å²) in [5, 5.41) is 22.5. The number of hydrazone groups is 1. The Bertz CT molecular complexity index is 765. The molecule has 0 radical (unpaired) electrons. The molecule has 116 valence electrons. The maximum absolute atomic E-state index is 11.8. The molecule has 0 unspecified atom stereocenters. The lowest BCUT2D eigenvalue weighted by atomic mass is 10.2. The second-order valence-corrected chi connectivity index (χ2v) is 4.46. The molecule has 22 heavy (non-hydrogen) atoms. The summed E-state index contributed by atoms with van der Waals surface area (Å²) in [5.74, 6) is -0.466. The van der Waals surface area contributed by atoms with E-state index in [4.69, 9.17) is 5.11 Å². The molecule has 0 aliphatic carbocycles. The van der Waals surface area contributed by atoms with Gasteiger partial charge in [-0.3, -0.25) is 14.3 Å². The van der Waals surface area contributed by atoms with Crippen LogP contribution in [0.4, 0.5) is 0 Å². The quantitative estimate of drug-likeness (QED) is 0.317. The van der Waals surface area contributed by atoms with Gasteiger partial charge in [0, 0.05) is 0 Å². The number of aromatic nitrogens is 2. The number of aromatic amines is 1. The predicted molar refractivity (Wildman–Crippen MR) is 81.2 cm³/mol. The molecule has 8 nitrogen and oxygen atoms in total. The van der Waals surface area contributed by atoms with Crippen LogP contribution >= 0.6 is 0 Å². The zero-order valence-electron chi connectivity index (χ0n) is 11.7. The molecule has 1 heterocycles. The normalized spacial score (nSPS) is 11.0. The van der Waals surface area contributed by atoms with Crippen molar-refractivity contribution in [1.82, 2.24) is 15.0 Å². The van der Waals surface area contributed by atoms with Crippen LogP contribution < -0.4 is 16.7 Å². The maximum atomic E-state index is 11.8. The second-order valence-electron chi connectivity index (χ2n) is 4.46. The third-order valence-electron chi connectivity index (χ3n) is 2.90. The minimum atomic E-state index is -0.735. The molecule has 0 saturated carbocycles. The van der Waals surface area contributed by atoms with E-state index in [1.807, 2.05) is 18.2 Å². The lowest BCUT2D eigenvalue weighted by Crippen LogP contribution is -2.32. The van der Waals surface area contributed by atoms with Gasteiger partial charge in [-0.25, -0.2) is 4.79 Å². The Balaban J connectivity index is 2.36. The smallest absolute Gasteiger partial charge is 0.331 e. The molecule has 0 saturated heterocycles. The van der Waals surface area contributed by atoms with Gasteiger partial charge < -0.3 is 15.6 Å². The monoisotopic (exact) mass is 304 g/mol. The number of benzene rings is 1. The van der Waals surface area contributed by atoms with Crippen LogP contribution in [0.3, 0.4) is 0 Å². The maximum Gasteiger partial charge on any atom is 0.331 e. The van der Waals surface area contributed by atoms with Gasteiger partial charge in [-0.05, 0) is 5.56 Å². The molecule has 0 amide bonds. The molecule has 0 atom stereocenters. The highest BCUT2D eigenvalue weighted by atomic mass is 16.3. The fourth-order valence-electron chi connectivity index (χ4n) is 1.83. The van der Waals surface area contributed by atoms with Crippen LogP contribution in [0.25, 0.3) is 0 Å². The van der Waals surface area contributed by atoms with Gasteiger partial charge in [0.1, 0.15) is 5.56 Å². The van der Waals surface area contributed by atoms with E-state index in [2.05, 4.69) is 15.5 Å². The van der Waals surface area contributed by atoms with Crippen molar-refractivity contribution >= 4 is 6.21 Å². The van der Waals surface area contributed by atoms with E-state index in [-0.39, 0.29) is 25.3 Å². The summed E-state index contributed by atoms with van der Waals surface area (Å²) >= 11 is 0. The molecule has 8 heteroatoms. The molecule has 0 aliphatic heterocycles. The Labute approximate surface area is 125 Å². The topological polar surface area (TPSA) is 120 Å².